The number of H-pyrrole nitrogens is 1. The third-order valence-electron chi connectivity index (χ3n) is 4.61. The van der Waals surface area contributed by atoms with Gasteiger partial charge in [-0.1, -0.05) is 12.1 Å². The van der Waals surface area contributed by atoms with E-state index in [2.05, 4.69) is 9.97 Å². The first-order chi connectivity index (χ1) is 13.1. The summed E-state index contributed by atoms with van der Waals surface area (Å²) in [6.45, 7) is 2.84. The summed E-state index contributed by atoms with van der Waals surface area (Å²) in [5, 5.41) is 0. The van der Waals surface area contributed by atoms with Crippen LogP contribution in [0.25, 0.3) is 0 Å². The Balaban J connectivity index is 1.88. The lowest BCUT2D eigenvalue weighted by Crippen LogP contribution is -2.32. The topological polar surface area (TPSA) is 84.5 Å². The molecule has 1 aromatic heterocycles. The van der Waals surface area contributed by atoms with Gasteiger partial charge in [0.05, 0.1) is 13.2 Å². The Hall–Kier alpha value is -3.04. The Bertz CT molecular complexity index is 941. The van der Waals surface area contributed by atoms with Crippen LogP contribution < -0.4 is 10.3 Å². The molecule has 1 N–H and O–H groups in total. The average molecular weight is 397 g/mol. The Morgan fingerprint density at radius 3 is 2.46 bits per heavy atom. The fourth-order valence-corrected chi connectivity index (χ4v) is 2.99. The highest BCUT2D eigenvalue weighted by Gasteiger charge is 2.43. The molecule has 28 heavy (non-hydrogen) atoms. The van der Waals surface area contributed by atoms with E-state index in [1.807, 2.05) is 0 Å². The van der Waals surface area contributed by atoms with Gasteiger partial charge in [-0.05, 0) is 31.5 Å². The first-order valence-corrected chi connectivity index (χ1v) is 8.40. The smallest absolute Gasteiger partial charge is 0.433 e. The van der Waals surface area contributed by atoms with Crippen LogP contribution in [0.1, 0.15) is 35.7 Å². The van der Waals surface area contributed by atoms with Gasteiger partial charge in [-0.3, -0.25) is 9.69 Å². The Labute approximate surface area is 158 Å². The fourth-order valence-electron chi connectivity index (χ4n) is 2.99. The van der Waals surface area contributed by atoms with Crippen LogP contribution in [0.3, 0.4) is 0 Å². The molecule has 0 saturated carbocycles. The summed E-state index contributed by atoms with van der Waals surface area (Å²) in [5.74, 6) is 0.320. The Morgan fingerprint density at radius 1 is 1.25 bits per heavy atom. The van der Waals surface area contributed by atoms with Crippen molar-refractivity contribution in [3.63, 3.8) is 0 Å². The maximum atomic E-state index is 13.2. The molecule has 2 heterocycles. The van der Waals surface area contributed by atoms with E-state index in [1.165, 1.54) is 12.0 Å². The molecule has 0 spiro atoms. The van der Waals surface area contributed by atoms with Crippen LogP contribution in [0.2, 0.25) is 0 Å². The zero-order valence-electron chi connectivity index (χ0n) is 15.3. The van der Waals surface area contributed by atoms with Crippen LogP contribution in [0.5, 0.6) is 5.75 Å². The van der Waals surface area contributed by atoms with Crippen molar-refractivity contribution in [1.29, 1.82) is 0 Å². The van der Waals surface area contributed by atoms with Crippen molar-refractivity contribution in [2.24, 2.45) is 0 Å². The molecule has 1 saturated heterocycles. The number of nitrogens with one attached hydrogen (secondary N) is 1. The number of aromatic nitrogens is 2. The summed E-state index contributed by atoms with van der Waals surface area (Å²) in [7, 11) is 1.53. The molecule has 150 valence electrons. The van der Waals surface area contributed by atoms with Gasteiger partial charge >= 0.3 is 12.3 Å². The van der Waals surface area contributed by atoms with Crippen LogP contribution in [0.4, 0.5) is 18.0 Å². The molecule has 1 aliphatic rings. The molecule has 0 unspecified atom stereocenters. The predicted octanol–water partition coefficient (Wildman–Crippen LogP) is 3.19. The van der Waals surface area contributed by atoms with Gasteiger partial charge in [-0.25, -0.2) is 9.78 Å². The Morgan fingerprint density at radius 2 is 1.89 bits per heavy atom. The molecule has 10 heteroatoms. The highest BCUT2D eigenvalue weighted by atomic mass is 19.4. The number of methoxy groups -OCH3 is 1. The van der Waals surface area contributed by atoms with E-state index in [-0.39, 0.29) is 12.4 Å². The van der Waals surface area contributed by atoms with Gasteiger partial charge in [0, 0.05) is 12.1 Å². The van der Waals surface area contributed by atoms with Crippen molar-refractivity contribution >= 4 is 6.09 Å². The normalized spacial score (nSPS) is 19.6. The number of amides is 1. The highest BCUT2D eigenvalue weighted by molar-refractivity contribution is 5.70. The van der Waals surface area contributed by atoms with Crippen molar-refractivity contribution in [3.05, 3.63) is 57.3 Å². The lowest BCUT2D eigenvalue weighted by atomic mass is 10.1. The lowest BCUT2D eigenvalue weighted by molar-refractivity contribution is -0.142. The predicted molar refractivity (Wildman–Crippen MR) is 91.8 cm³/mol. The maximum Gasteiger partial charge on any atom is 0.433 e. The minimum Gasteiger partial charge on any atom is -0.497 e. The molecule has 1 fully saturated rings. The molecular formula is C18H18F3N3O4. The maximum absolute atomic E-state index is 13.2. The number of halogens is 3. The van der Waals surface area contributed by atoms with Gasteiger partial charge in [0.25, 0.3) is 5.56 Å². The molecule has 1 amide bonds. The summed E-state index contributed by atoms with van der Waals surface area (Å²) in [4.78, 5) is 31.4. The minimum atomic E-state index is -4.79. The standard InChI is InChI=1S/C18H18F3N3O4/c1-9-14(18(19,20)21)22-15(23-16(9)25)13-10(2)24(17(26)28-13)8-11-4-6-12(27-3)7-5-11/h4-7,10,13H,8H2,1-3H3,(H,22,23,25)/t10-,13+/m0/s1. The number of carbonyl (C=O) groups is 1. The van der Waals surface area contributed by atoms with Crippen molar-refractivity contribution in [2.45, 2.75) is 38.7 Å². The van der Waals surface area contributed by atoms with E-state index in [9.17, 15) is 22.8 Å². The number of benzene rings is 1. The first kappa shape index (κ1) is 19.7. The molecule has 0 aliphatic carbocycles. The second-order valence-corrected chi connectivity index (χ2v) is 6.44. The largest absolute Gasteiger partial charge is 0.497 e. The summed E-state index contributed by atoms with van der Waals surface area (Å²) in [6.07, 6.45) is -6.62. The zero-order chi connectivity index (χ0) is 20.6. The van der Waals surface area contributed by atoms with Gasteiger partial charge in [-0.2, -0.15) is 13.2 Å². The first-order valence-electron chi connectivity index (χ1n) is 8.40. The molecular weight excluding hydrogens is 379 g/mol. The van der Waals surface area contributed by atoms with Gasteiger partial charge < -0.3 is 14.5 Å². The summed E-state index contributed by atoms with van der Waals surface area (Å²) in [6, 6.07) is 6.35. The van der Waals surface area contributed by atoms with Crippen molar-refractivity contribution < 1.29 is 27.4 Å². The molecule has 7 nitrogen and oxygen atoms in total. The Kier molecular flexibility index (Phi) is 5.05. The zero-order valence-corrected chi connectivity index (χ0v) is 15.3. The SMILES string of the molecule is COc1ccc(CN2C(=O)O[C@@H](c3nc(C(F)(F)F)c(C)c(=O)[nH]3)[C@@H]2C)cc1. The monoisotopic (exact) mass is 397 g/mol. The van der Waals surface area contributed by atoms with Gasteiger partial charge in [0.15, 0.2) is 17.6 Å². The van der Waals surface area contributed by atoms with E-state index in [4.69, 9.17) is 9.47 Å². The van der Waals surface area contributed by atoms with Crippen LogP contribution in [0.15, 0.2) is 29.1 Å². The van der Waals surface area contributed by atoms with E-state index in [0.29, 0.717) is 5.75 Å². The molecule has 0 radical (unpaired) electrons. The van der Waals surface area contributed by atoms with Crippen LogP contribution in [-0.2, 0) is 17.5 Å². The number of nitrogens with zero attached hydrogens (tertiary/aromatic N) is 2. The number of cyclic esters (lactones) is 1. The third kappa shape index (κ3) is 3.67. The molecule has 2 aromatic rings. The van der Waals surface area contributed by atoms with Crippen LogP contribution >= 0.6 is 0 Å². The second-order valence-electron chi connectivity index (χ2n) is 6.44. The number of ether oxygens (including phenoxy) is 2. The van der Waals surface area contributed by atoms with Gasteiger partial charge in [0.1, 0.15) is 5.75 Å². The minimum absolute atomic E-state index is 0.183. The van der Waals surface area contributed by atoms with Crippen LogP contribution in [0, 0.1) is 6.92 Å². The van der Waals surface area contributed by atoms with Crippen molar-refractivity contribution in [1.82, 2.24) is 14.9 Å². The summed E-state index contributed by atoms with van der Waals surface area (Å²) < 4.78 is 49.7. The van der Waals surface area contributed by atoms with E-state index >= 15 is 0 Å². The fraction of sp³-hybridized carbons (Fsp3) is 0.389. The number of rotatable bonds is 4. The summed E-state index contributed by atoms with van der Waals surface area (Å²) >= 11 is 0. The van der Waals surface area contributed by atoms with Gasteiger partial charge in [-0.15, -0.1) is 0 Å². The highest BCUT2D eigenvalue weighted by Crippen LogP contribution is 2.34. The molecule has 0 bridgehead atoms. The quantitative estimate of drug-likeness (QED) is 0.857. The van der Waals surface area contributed by atoms with Crippen molar-refractivity contribution in [2.75, 3.05) is 7.11 Å². The summed E-state index contributed by atoms with van der Waals surface area (Å²) in [5.41, 5.74) is -1.97. The number of alkyl halides is 3. The number of hydrogen-bond acceptors (Lipinski definition) is 5. The number of hydrogen-bond donors (Lipinski definition) is 1. The van der Waals surface area contributed by atoms with E-state index in [1.54, 1.807) is 31.2 Å². The number of carbonyl (C=O) groups excluding carboxylic acids is 1. The molecule has 1 aromatic carbocycles. The van der Waals surface area contributed by atoms with Gasteiger partial charge in [0.2, 0.25) is 0 Å². The van der Waals surface area contributed by atoms with E-state index in [0.717, 1.165) is 12.5 Å². The third-order valence-corrected chi connectivity index (χ3v) is 4.61. The lowest BCUT2D eigenvalue weighted by Gasteiger charge is -2.21. The molecule has 3 rings (SSSR count). The molecule has 1 aliphatic heterocycles. The van der Waals surface area contributed by atoms with Crippen LogP contribution in [-0.4, -0.2) is 34.1 Å². The second kappa shape index (κ2) is 7.17. The number of aromatic amines is 1. The molecule has 2 atom stereocenters. The average Bonchev–Trinajstić information content (AvgIpc) is 2.91. The van der Waals surface area contributed by atoms with E-state index < -0.39 is 41.2 Å². The van der Waals surface area contributed by atoms with Crippen molar-refractivity contribution in [3.8, 4) is 5.75 Å².